The summed E-state index contributed by atoms with van der Waals surface area (Å²) in [6.07, 6.45) is 2.50. The molecular weight excluding hydrogens is 336 g/mol. The lowest BCUT2D eigenvalue weighted by Crippen LogP contribution is -2.08. The molecule has 0 saturated carbocycles. The second-order valence-corrected chi connectivity index (χ2v) is 5.49. The minimum atomic E-state index is -0.575. The number of hydrogen-bond acceptors (Lipinski definition) is 6. The molecule has 2 N–H and O–H groups in total. The maximum absolute atomic E-state index is 12.9. The highest BCUT2D eigenvalue weighted by atomic mass is 16.5. The maximum atomic E-state index is 12.9. The van der Waals surface area contributed by atoms with Gasteiger partial charge in [-0.3, -0.25) is 4.79 Å². The van der Waals surface area contributed by atoms with E-state index in [9.17, 15) is 19.8 Å². The number of esters is 1. The van der Waals surface area contributed by atoms with Gasteiger partial charge in [-0.15, -0.1) is 0 Å². The van der Waals surface area contributed by atoms with E-state index in [1.165, 1.54) is 36.4 Å². The monoisotopic (exact) mass is 352 g/mol. The molecule has 1 aromatic heterocycles. The Morgan fingerprint density at radius 3 is 2.50 bits per heavy atom. The fourth-order valence-electron chi connectivity index (χ4n) is 2.52. The number of rotatable bonds is 4. The van der Waals surface area contributed by atoms with Gasteiger partial charge in [-0.05, 0) is 49.4 Å². The Balaban J connectivity index is 2.25. The molecule has 6 heteroatoms. The number of ether oxygens (including phenoxy) is 1. The van der Waals surface area contributed by atoms with E-state index in [-0.39, 0.29) is 45.8 Å². The summed E-state index contributed by atoms with van der Waals surface area (Å²) in [5.41, 5.74) is 0.566. The third-order valence-corrected chi connectivity index (χ3v) is 3.71. The van der Waals surface area contributed by atoms with E-state index < -0.39 is 5.97 Å². The molecule has 0 fully saturated rings. The lowest BCUT2D eigenvalue weighted by atomic mass is 10.0. The van der Waals surface area contributed by atoms with E-state index in [1.807, 2.05) is 0 Å². The van der Waals surface area contributed by atoms with Crippen molar-refractivity contribution in [2.24, 2.45) is 0 Å². The van der Waals surface area contributed by atoms with Crippen LogP contribution in [0.4, 0.5) is 0 Å². The minimum absolute atomic E-state index is 0.0351. The van der Waals surface area contributed by atoms with Crippen molar-refractivity contribution in [3.63, 3.8) is 0 Å². The summed E-state index contributed by atoms with van der Waals surface area (Å²) in [5, 5.41) is 19.4. The smallest absolute Gasteiger partial charge is 0.330 e. The zero-order valence-electron chi connectivity index (χ0n) is 13.9. The molecular formula is C20H16O6. The average molecular weight is 352 g/mol. The highest BCUT2D eigenvalue weighted by Gasteiger charge is 2.15. The maximum Gasteiger partial charge on any atom is 0.330 e. The lowest BCUT2D eigenvalue weighted by Gasteiger charge is -2.08. The van der Waals surface area contributed by atoms with Gasteiger partial charge in [0.2, 0.25) is 5.43 Å². The molecule has 0 atom stereocenters. The van der Waals surface area contributed by atoms with Gasteiger partial charge in [0.15, 0.2) is 0 Å². The number of carbonyl (C=O) groups excluding carboxylic acids is 1. The van der Waals surface area contributed by atoms with Crippen LogP contribution in [-0.4, -0.2) is 22.8 Å². The minimum Gasteiger partial charge on any atom is -0.508 e. The Morgan fingerprint density at radius 2 is 1.81 bits per heavy atom. The molecule has 0 radical (unpaired) electrons. The number of hydrogen-bond donors (Lipinski definition) is 2. The fraction of sp³-hybridized carbons (Fsp3) is 0.100. The number of fused-ring (bicyclic) bond motifs is 1. The molecule has 132 valence electrons. The summed E-state index contributed by atoms with van der Waals surface area (Å²) < 4.78 is 10.7. The molecule has 0 unspecified atom stereocenters. The van der Waals surface area contributed by atoms with Gasteiger partial charge in [-0.1, -0.05) is 0 Å². The van der Waals surface area contributed by atoms with Gasteiger partial charge in [0.1, 0.15) is 22.8 Å². The molecule has 1 heterocycles. The lowest BCUT2D eigenvalue weighted by molar-refractivity contribution is -0.137. The van der Waals surface area contributed by atoms with Crippen LogP contribution in [0.5, 0.6) is 11.5 Å². The summed E-state index contributed by atoms with van der Waals surface area (Å²) >= 11 is 0. The quantitative estimate of drug-likeness (QED) is 0.551. The van der Waals surface area contributed by atoms with Crippen molar-refractivity contribution in [1.82, 2.24) is 0 Å². The fourth-order valence-corrected chi connectivity index (χ4v) is 2.52. The van der Waals surface area contributed by atoms with Crippen molar-refractivity contribution in [2.75, 3.05) is 6.61 Å². The predicted molar refractivity (Wildman–Crippen MR) is 96.9 cm³/mol. The molecule has 26 heavy (non-hydrogen) atoms. The Bertz CT molecular complexity index is 1040. The summed E-state index contributed by atoms with van der Waals surface area (Å²) in [5.74, 6) is -0.326. The Hall–Kier alpha value is -3.54. The van der Waals surface area contributed by atoms with Crippen molar-refractivity contribution in [1.29, 1.82) is 0 Å². The van der Waals surface area contributed by atoms with Gasteiger partial charge in [0.25, 0.3) is 0 Å². The van der Waals surface area contributed by atoms with Crippen LogP contribution in [0.2, 0.25) is 0 Å². The van der Waals surface area contributed by atoms with Crippen molar-refractivity contribution in [3.8, 4) is 22.8 Å². The highest BCUT2D eigenvalue weighted by Crippen LogP contribution is 2.29. The SMILES string of the molecule is CCOC(=O)/C=C/c1c(-c2ccc(O)cc2)oc2cc(O)ccc2c1=O. The number of phenolic OH excluding ortho intramolecular Hbond substituents is 2. The highest BCUT2D eigenvalue weighted by molar-refractivity contribution is 5.91. The van der Waals surface area contributed by atoms with E-state index in [4.69, 9.17) is 9.15 Å². The largest absolute Gasteiger partial charge is 0.508 e. The zero-order chi connectivity index (χ0) is 18.7. The first-order valence-electron chi connectivity index (χ1n) is 7.93. The molecule has 0 aliphatic rings. The van der Waals surface area contributed by atoms with E-state index >= 15 is 0 Å². The number of benzene rings is 2. The molecule has 0 saturated heterocycles. The van der Waals surface area contributed by atoms with Crippen LogP contribution in [-0.2, 0) is 9.53 Å². The van der Waals surface area contributed by atoms with Crippen molar-refractivity contribution in [3.05, 3.63) is 64.3 Å². The van der Waals surface area contributed by atoms with Gasteiger partial charge in [-0.2, -0.15) is 0 Å². The third-order valence-electron chi connectivity index (χ3n) is 3.71. The van der Waals surface area contributed by atoms with Gasteiger partial charge in [-0.25, -0.2) is 4.79 Å². The molecule has 3 rings (SSSR count). The normalized spacial score (nSPS) is 11.1. The van der Waals surface area contributed by atoms with Gasteiger partial charge in [0.05, 0.1) is 17.6 Å². The van der Waals surface area contributed by atoms with Crippen molar-refractivity contribution in [2.45, 2.75) is 6.92 Å². The van der Waals surface area contributed by atoms with Crippen LogP contribution in [0.15, 0.2) is 57.8 Å². The molecule has 0 spiro atoms. The molecule has 0 amide bonds. The van der Waals surface area contributed by atoms with Gasteiger partial charge in [0, 0.05) is 17.7 Å². The van der Waals surface area contributed by atoms with Crippen LogP contribution in [0.25, 0.3) is 28.4 Å². The van der Waals surface area contributed by atoms with E-state index in [2.05, 4.69) is 0 Å². The van der Waals surface area contributed by atoms with Crippen LogP contribution >= 0.6 is 0 Å². The molecule has 2 aromatic carbocycles. The Labute approximate surface area is 148 Å². The van der Waals surface area contributed by atoms with E-state index in [1.54, 1.807) is 19.1 Å². The van der Waals surface area contributed by atoms with Crippen LogP contribution in [0.3, 0.4) is 0 Å². The first-order chi connectivity index (χ1) is 12.5. The molecule has 3 aromatic rings. The Morgan fingerprint density at radius 1 is 1.12 bits per heavy atom. The van der Waals surface area contributed by atoms with Crippen molar-refractivity contribution < 1.29 is 24.2 Å². The number of aromatic hydroxyl groups is 2. The van der Waals surface area contributed by atoms with Crippen molar-refractivity contribution >= 4 is 23.0 Å². The predicted octanol–water partition coefficient (Wildman–Crippen LogP) is 3.45. The average Bonchev–Trinajstić information content (AvgIpc) is 2.61. The zero-order valence-corrected chi connectivity index (χ0v) is 13.9. The van der Waals surface area contributed by atoms with E-state index in [0.717, 1.165) is 6.08 Å². The first kappa shape index (κ1) is 17.3. The number of carbonyl (C=O) groups is 1. The number of phenols is 2. The standard InChI is InChI=1S/C20H16O6/c1-2-25-18(23)10-9-16-19(24)15-8-7-14(22)11-17(15)26-20(16)12-3-5-13(21)6-4-12/h3-11,21-22H,2H2,1H3/b10-9+. The second kappa shape index (κ2) is 7.14. The first-order valence-corrected chi connectivity index (χ1v) is 7.93. The molecule has 0 bridgehead atoms. The summed E-state index contributed by atoms with van der Waals surface area (Å²) in [7, 11) is 0. The summed E-state index contributed by atoms with van der Waals surface area (Å²) in [6.45, 7) is 1.91. The van der Waals surface area contributed by atoms with Crippen LogP contribution in [0.1, 0.15) is 12.5 Å². The van der Waals surface area contributed by atoms with E-state index in [0.29, 0.717) is 5.56 Å². The summed E-state index contributed by atoms with van der Waals surface area (Å²) in [4.78, 5) is 24.5. The van der Waals surface area contributed by atoms with Crippen LogP contribution < -0.4 is 5.43 Å². The summed E-state index contributed by atoms with van der Waals surface area (Å²) in [6, 6.07) is 10.3. The topological polar surface area (TPSA) is 97.0 Å². The van der Waals surface area contributed by atoms with Gasteiger partial charge >= 0.3 is 5.97 Å². The molecule has 0 aliphatic carbocycles. The van der Waals surface area contributed by atoms with Gasteiger partial charge < -0.3 is 19.4 Å². The molecule has 0 aliphatic heterocycles. The third kappa shape index (κ3) is 3.44. The second-order valence-electron chi connectivity index (χ2n) is 5.49. The Kier molecular flexibility index (Phi) is 4.75. The molecule has 6 nitrogen and oxygen atoms in total. The van der Waals surface area contributed by atoms with Crippen LogP contribution in [0, 0.1) is 0 Å².